The van der Waals surface area contributed by atoms with Crippen molar-refractivity contribution in [1.29, 1.82) is 0 Å². The molecule has 0 N–H and O–H groups in total. The summed E-state index contributed by atoms with van der Waals surface area (Å²) in [5, 5.41) is 0. The zero-order valence-electron chi connectivity index (χ0n) is 13.9. The highest BCUT2D eigenvalue weighted by Gasteiger charge is 2.07. The van der Waals surface area contributed by atoms with E-state index < -0.39 is 0 Å². The first-order valence-corrected chi connectivity index (χ1v) is 8.43. The molecule has 0 aliphatic heterocycles. The smallest absolute Gasteiger partial charge is 0.305 e. The SMILES string of the molecule is CCCC(CC)Cc1ccc(CCCC(=O)OCC)cc1. The van der Waals surface area contributed by atoms with Crippen molar-refractivity contribution >= 4 is 5.97 Å². The molecule has 1 aromatic carbocycles. The number of carbonyl (C=O) groups is 1. The van der Waals surface area contributed by atoms with E-state index >= 15 is 0 Å². The van der Waals surface area contributed by atoms with Crippen LogP contribution in [0.3, 0.4) is 0 Å². The molecule has 21 heavy (non-hydrogen) atoms. The Morgan fingerprint density at radius 3 is 2.33 bits per heavy atom. The first-order valence-electron chi connectivity index (χ1n) is 8.43. The van der Waals surface area contributed by atoms with Gasteiger partial charge in [0.2, 0.25) is 0 Å². The largest absolute Gasteiger partial charge is 0.466 e. The summed E-state index contributed by atoms with van der Waals surface area (Å²) in [5.74, 6) is 0.726. The lowest BCUT2D eigenvalue weighted by atomic mass is 9.92. The number of aryl methyl sites for hydroxylation is 1. The van der Waals surface area contributed by atoms with E-state index in [1.807, 2.05) is 6.92 Å². The summed E-state index contributed by atoms with van der Waals surface area (Å²) in [6.45, 7) is 6.86. The molecule has 0 bridgehead atoms. The third-order valence-corrected chi connectivity index (χ3v) is 3.97. The van der Waals surface area contributed by atoms with Crippen molar-refractivity contribution < 1.29 is 9.53 Å². The summed E-state index contributed by atoms with van der Waals surface area (Å²) in [4.78, 5) is 11.3. The first kappa shape index (κ1) is 17.7. The standard InChI is InChI=1S/C19H30O2/c1-4-8-16(5-2)15-18-13-11-17(12-14-18)9-7-10-19(20)21-6-3/h11-14,16H,4-10,15H2,1-3H3. The Kier molecular flexibility index (Phi) is 8.80. The average Bonchev–Trinajstić information content (AvgIpc) is 2.49. The minimum Gasteiger partial charge on any atom is -0.466 e. The first-order chi connectivity index (χ1) is 10.2. The maximum atomic E-state index is 11.3. The number of hydrogen-bond acceptors (Lipinski definition) is 2. The van der Waals surface area contributed by atoms with Gasteiger partial charge in [-0.15, -0.1) is 0 Å². The Balaban J connectivity index is 2.37. The maximum Gasteiger partial charge on any atom is 0.305 e. The van der Waals surface area contributed by atoms with Crippen LogP contribution in [0.5, 0.6) is 0 Å². The maximum absolute atomic E-state index is 11.3. The molecule has 0 aliphatic carbocycles. The molecule has 0 amide bonds. The molecule has 1 rings (SSSR count). The molecule has 0 aromatic heterocycles. The van der Waals surface area contributed by atoms with Gasteiger partial charge in [-0.2, -0.15) is 0 Å². The van der Waals surface area contributed by atoms with Crippen molar-refractivity contribution in [1.82, 2.24) is 0 Å². The minimum atomic E-state index is -0.0838. The normalized spacial score (nSPS) is 12.1. The summed E-state index contributed by atoms with van der Waals surface area (Å²) in [6.07, 6.45) is 7.37. The van der Waals surface area contributed by atoms with E-state index in [0.29, 0.717) is 13.0 Å². The number of rotatable bonds is 10. The van der Waals surface area contributed by atoms with E-state index in [2.05, 4.69) is 38.1 Å². The number of esters is 1. The zero-order chi connectivity index (χ0) is 15.5. The molecule has 2 heteroatoms. The molecule has 1 unspecified atom stereocenters. The molecule has 0 radical (unpaired) electrons. The van der Waals surface area contributed by atoms with Crippen molar-refractivity contribution in [2.45, 2.75) is 65.7 Å². The molecular weight excluding hydrogens is 260 g/mol. The van der Waals surface area contributed by atoms with Crippen LogP contribution in [0, 0.1) is 5.92 Å². The number of hydrogen-bond donors (Lipinski definition) is 0. The second-order valence-electron chi connectivity index (χ2n) is 5.74. The lowest BCUT2D eigenvalue weighted by Crippen LogP contribution is -2.04. The molecule has 2 nitrogen and oxygen atoms in total. The van der Waals surface area contributed by atoms with Gasteiger partial charge in [-0.05, 0) is 43.2 Å². The van der Waals surface area contributed by atoms with Crippen LogP contribution in [0.1, 0.15) is 64.0 Å². The average molecular weight is 290 g/mol. The van der Waals surface area contributed by atoms with Gasteiger partial charge in [0.25, 0.3) is 0 Å². The molecule has 1 atom stereocenters. The van der Waals surface area contributed by atoms with Crippen LogP contribution < -0.4 is 0 Å². The highest BCUT2D eigenvalue weighted by Crippen LogP contribution is 2.18. The van der Waals surface area contributed by atoms with Crippen molar-refractivity contribution in [3.05, 3.63) is 35.4 Å². The Morgan fingerprint density at radius 1 is 1.10 bits per heavy atom. The molecule has 1 aromatic rings. The topological polar surface area (TPSA) is 26.3 Å². The lowest BCUT2D eigenvalue weighted by Gasteiger charge is -2.14. The van der Waals surface area contributed by atoms with Crippen LogP contribution in [-0.4, -0.2) is 12.6 Å². The minimum absolute atomic E-state index is 0.0838. The van der Waals surface area contributed by atoms with Gasteiger partial charge in [-0.3, -0.25) is 4.79 Å². The summed E-state index contributed by atoms with van der Waals surface area (Å²) in [7, 11) is 0. The molecule has 118 valence electrons. The molecule has 0 heterocycles. The van der Waals surface area contributed by atoms with Crippen LogP contribution in [0.4, 0.5) is 0 Å². The van der Waals surface area contributed by atoms with Crippen molar-refractivity contribution in [3.63, 3.8) is 0 Å². The number of carbonyl (C=O) groups excluding carboxylic acids is 1. The van der Waals surface area contributed by atoms with Gasteiger partial charge in [0, 0.05) is 6.42 Å². The lowest BCUT2D eigenvalue weighted by molar-refractivity contribution is -0.143. The van der Waals surface area contributed by atoms with Gasteiger partial charge < -0.3 is 4.74 Å². The van der Waals surface area contributed by atoms with E-state index in [-0.39, 0.29) is 5.97 Å². The van der Waals surface area contributed by atoms with Gasteiger partial charge in [0.1, 0.15) is 0 Å². The van der Waals surface area contributed by atoms with Crippen LogP contribution in [0.2, 0.25) is 0 Å². The van der Waals surface area contributed by atoms with E-state index in [0.717, 1.165) is 18.8 Å². The second kappa shape index (κ2) is 10.4. The number of ether oxygens (including phenoxy) is 1. The molecular formula is C19H30O2. The van der Waals surface area contributed by atoms with E-state index in [1.54, 1.807) is 0 Å². The van der Waals surface area contributed by atoms with Crippen molar-refractivity contribution in [2.75, 3.05) is 6.61 Å². The fourth-order valence-corrected chi connectivity index (χ4v) is 2.70. The molecule has 0 spiro atoms. The van der Waals surface area contributed by atoms with Gasteiger partial charge in [0.15, 0.2) is 0 Å². The zero-order valence-corrected chi connectivity index (χ0v) is 13.9. The Morgan fingerprint density at radius 2 is 1.76 bits per heavy atom. The quantitative estimate of drug-likeness (QED) is 0.570. The predicted molar refractivity (Wildman–Crippen MR) is 88.4 cm³/mol. The van der Waals surface area contributed by atoms with E-state index in [9.17, 15) is 4.79 Å². The Bertz CT molecular complexity index is 395. The monoisotopic (exact) mass is 290 g/mol. The van der Waals surface area contributed by atoms with Crippen LogP contribution in [-0.2, 0) is 22.4 Å². The number of benzene rings is 1. The van der Waals surface area contributed by atoms with Gasteiger partial charge in [-0.25, -0.2) is 0 Å². The van der Waals surface area contributed by atoms with Crippen molar-refractivity contribution in [3.8, 4) is 0 Å². The van der Waals surface area contributed by atoms with Crippen molar-refractivity contribution in [2.24, 2.45) is 5.92 Å². The third-order valence-electron chi connectivity index (χ3n) is 3.97. The molecule has 0 saturated carbocycles. The Labute approximate surface area is 129 Å². The highest BCUT2D eigenvalue weighted by atomic mass is 16.5. The van der Waals surface area contributed by atoms with Gasteiger partial charge in [0.05, 0.1) is 6.61 Å². The van der Waals surface area contributed by atoms with Gasteiger partial charge in [-0.1, -0.05) is 57.4 Å². The summed E-state index contributed by atoms with van der Waals surface area (Å²) >= 11 is 0. The fraction of sp³-hybridized carbons (Fsp3) is 0.632. The predicted octanol–water partition coefficient (Wildman–Crippen LogP) is 4.94. The summed E-state index contributed by atoms with van der Waals surface area (Å²) in [5.41, 5.74) is 2.75. The molecule has 0 fully saturated rings. The molecule has 0 saturated heterocycles. The van der Waals surface area contributed by atoms with E-state index in [1.165, 1.54) is 36.8 Å². The highest BCUT2D eigenvalue weighted by molar-refractivity contribution is 5.69. The summed E-state index contributed by atoms with van der Waals surface area (Å²) < 4.78 is 4.94. The second-order valence-corrected chi connectivity index (χ2v) is 5.74. The fourth-order valence-electron chi connectivity index (χ4n) is 2.70. The molecule has 0 aliphatic rings. The van der Waals surface area contributed by atoms with Crippen LogP contribution in [0.15, 0.2) is 24.3 Å². The summed E-state index contributed by atoms with van der Waals surface area (Å²) in [6, 6.07) is 8.91. The Hall–Kier alpha value is -1.31. The van der Waals surface area contributed by atoms with Gasteiger partial charge >= 0.3 is 5.97 Å². The van der Waals surface area contributed by atoms with Crippen LogP contribution >= 0.6 is 0 Å². The van der Waals surface area contributed by atoms with E-state index in [4.69, 9.17) is 4.74 Å². The van der Waals surface area contributed by atoms with Crippen LogP contribution in [0.25, 0.3) is 0 Å². The third kappa shape index (κ3) is 7.31.